The van der Waals surface area contributed by atoms with Gasteiger partial charge in [-0.3, -0.25) is 5.84 Å². The minimum absolute atomic E-state index is 0.172. The van der Waals surface area contributed by atoms with Crippen LogP contribution in [-0.4, -0.2) is 15.0 Å². The maximum atomic E-state index is 12.2. The van der Waals surface area contributed by atoms with Gasteiger partial charge in [-0.1, -0.05) is 13.3 Å². The van der Waals surface area contributed by atoms with Crippen molar-refractivity contribution >= 4 is 15.7 Å². The lowest BCUT2D eigenvalue weighted by molar-refractivity contribution is 0.133. The van der Waals surface area contributed by atoms with E-state index in [0.29, 0.717) is 12.2 Å². The Morgan fingerprint density at radius 1 is 1.26 bits per heavy atom. The van der Waals surface area contributed by atoms with E-state index in [2.05, 4.69) is 17.1 Å². The molecule has 0 saturated heterocycles. The normalized spacial score (nSPS) is 17.8. The van der Waals surface area contributed by atoms with Crippen LogP contribution in [0.15, 0.2) is 29.2 Å². The molecule has 5 nitrogen and oxygen atoms in total. The Hall–Kier alpha value is -1.11. The molecule has 1 aromatic rings. The van der Waals surface area contributed by atoms with Crippen molar-refractivity contribution in [1.29, 1.82) is 0 Å². The summed E-state index contributed by atoms with van der Waals surface area (Å²) in [6, 6.07) is 6.40. The second-order valence-electron chi connectivity index (χ2n) is 5.20. The van der Waals surface area contributed by atoms with Crippen LogP contribution in [-0.2, 0) is 10.0 Å². The summed E-state index contributed by atoms with van der Waals surface area (Å²) in [6.07, 6.45) is 4.45. The number of hydrogen-bond acceptors (Lipinski definition) is 4. The summed E-state index contributed by atoms with van der Waals surface area (Å²) in [4.78, 5) is 0.275. The number of hydrazine groups is 1. The fourth-order valence-electron chi connectivity index (χ4n) is 2.39. The van der Waals surface area contributed by atoms with Crippen LogP contribution < -0.4 is 16.0 Å². The van der Waals surface area contributed by atoms with Crippen molar-refractivity contribution in [1.82, 2.24) is 4.72 Å². The topological polar surface area (TPSA) is 84.2 Å². The SMILES string of the molecule is CCC1(CNS(=O)(=O)c2ccc(NN)cc2)CCC1. The highest BCUT2D eigenvalue weighted by molar-refractivity contribution is 7.89. The Morgan fingerprint density at radius 3 is 2.32 bits per heavy atom. The first-order valence-corrected chi connectivity index (χ1v) is 8.06. The van der Waals surface area contributed by atoms with E-state index in [-0.39, 0.29) is 10.3 Å². The summed E-state index contributed by atoms with van der Waals surface area (Å²) in [5, 5.41) is 0. The molecule has 0 unspecified atom stereocenters. The summed E-state index contributed by atoms with van der Waals surface area (Å²) >= 11 is 0. The second kappa shape index (κ2) is 5.48. The highest BCUT2D eigenvalue weighted by Gasteiger charge is 2.36. The lowest BCUT2D eigenvalue weighted by atomic mass is 9.67. The Kier molecular flexibility index (Phi) is 4.13. The molecule has 106 valence electrons. The van der Waals surface area contributed by atoms with Gasteiger partial charge in [-0.25, -0.2) is 13.1 Å². The largest absolute Gasteiger partial charge is 0.324 e. The monoisotopic (exact) mass is 283 g/mol. The fourth-order valence-corrected chi connectivity index (χ4v) is 3.55. The van der Waals surface area contributed by atoms with Crippen molar-refractivity contribution in [2.24, 2.45) is 11.3 Å². The zero-order chi connectivity index (χ0) is 13.9. The lowest BCUT2D eigenvalue weighted by Crippen LogP contribution is -2.41. The lowest BCUT2D eigenvalue weighted by Gasteiger charge is -2.41. The number of anilines is 1. The fraction of sp³-hybridized carbons (Fsp3) is 0.538. The van der Waals surface area contributed by atoms with Crippen LogP contribution in [0.25, 0.3) is 0 Å². The van der Waals surface area contributed by atoms with Crippen LogP contribution in [0.3, 0.4) is 0 Å². The maximum absolute atomic E-state index is 12.2. The molecule has 0 amide bonds. The van der Waals surface area contributed by atoms with Crippen molar-refractivity contribution in [3.8, 4) is 0 Å². The molecule has 2 rings (SSSR count). The van der Waals surface area contributed by atoms with Gasteiger partial charge in [0.1, 0.15) is 0 Å². The predicted molar refractivity (Wildman–Crippen MR) is 76.0 cm³/mol. The predicted octanol–water partition coefficient (Wildman–Crippen LogP) is 1.83. The average Bonchev–Trinajstić information content (AvgIpc) is 2.38. The van der Waals surface area contributed by atoms with Gasteiger partial charge in [-0.05, 0) is 48.9 Å². The molecule has 1 aliphatic carbocycles. The molecule has 0 spiro atoms. The summed E-state index contributed by atoms with van der Waals surface area (Å²) < 4.78 is 27.1. The molecule has 4 N–H and O–H groups in total. The van der Waals surface area contributed by atoms with Gasteiger partial charge < -0.3 is 5.43 Å². The highest BCUT2D eigenvalue weighted by Crippen LogP contribution is 2.43. The van der Waals surface area contributed by atoms with Crippen LogP contribution in [0.5, 0.6) is 0 Å². The zero-order valence-electron chi connectivity index (χ0n) is 11.1. The van der Waals surface area contributed by atoms with Crippen LogP contribution in [0, 0.1) is 5.41 Å². The molecule has 1 saturated carbocycles. The molecule has 1 fully saturated rings. The van der Waals surface area contributed by atoms with E-state index in [4.69, 9.17) is 5.84 Å². The van der Waals surface area contributed by atoms with Crippen molar-refractivity contribution in [2.45, 2.75) is 37.5 Å². The minimum atomic E-state index is -3.42. The van der Waals surface area contributed by atoms with Gasteiger partial charge in [0.15, 0.2) is 0 Å². The van der Waals surface area contributed by atoms with Crippen molar-refractivity contribution < 1.29 is 8.42 Å². The minimum Gasteiger partial charge on any atom is -0.324 e. The van der Waals surface area contributed by atoms with E-state index in [1.54, 1.807) is 24.3 Å². The number of nitrogen functional groups attached to an aromatic ring is 1. The van der Waals surface area contributed by atoms with E-state index in [1.165, 1.54) is 6.42 Å². The zero-order valence-corrected chi connectivity index (χ0v) is 12.0. The van der Waals surface area contributed by atoms with Crippen LogP contribution >= 0.6 is 0 Å². The molecule has 0 atom stereocenters. The number of sulfonamides is 1. The Morgan fingerprint density at radius 2 is 1.89 bits per heavy atom. The molecule has 0 heterocycles. The van der Waals surface area contributed by atoms with Crippen LogP contribution in [0.1, 0.15) is 32.6 Å². The molecule has 19 heavy (non-hydrogen) atoms. The Bertz CT molecular complexity index is 516. The van der Waals surface area contributed by atoms with Gasteiger partial charge in [0.25, 0.3) is 0 Å². The number of nitrogens with two attached hydrogens (primary N) is 1. The number of hydrogen-bond donors (Lipinski definition) is 3. The maximum Gasteiger partial charge on any atom is 0.240 e. The molecule has 1 aromatic carbocycles. The molecule has 6 heteroatoms. The van der Waals surface area contributed by atoms with E-state index >= 15 is 0 Å². The van der Waals surface area contributed by atoms with Crippen molar-refractivity contribution in [3.05, 3.63) is 24.3 Å². The Balaban J connectivity index is 2.05. The third-order valence-corrected chi connectivity index (χ3v) is 5.55. The van der Waals surface area contributed by atoms with Crippen molar-refractivity contribution in [2.75, 3.05) is 12.0 Å². The number of nitrogens with one attached hydrogen (secondary N) is 2. The smallest absolute Gasteiger partial charge is 0.240 e. The number of rotatable bonds is 6. The summed E-state index contributed by atoms with van der Waals surface area (Å²) in [6.45, 7) is 2.65. The molecule has 0 aliphatic heterocycles. The summed E-state index contributed by atoms with van der Waals surface area (Å²) in [5.41, 5.74) is 3.33. The van der Waals surface area contributed by atoms with Gasteiger partial charge in [-0.2, -0.15) is 0 Å². The van der Waals surface area contributed by atoms with E-state index in [9.17, 15) is 8.42 Å². The second-order valence-corrected chi connectivity index (χ2v) is 6.97. The first kappa shape index (κ1) is 14.3. The van der Waals surface area contributed by atoms with E-state index < -0.39 is 10.0 Å². The summed E-state index contributed by atoms with van der Waals surface area (Å²) in [5.74, 6) is 5.25. The highest BCUT2D eigenvalue weighted by atomic mass is 32.2. The first-order valence-electron chi connectivity index (χ1n) is 6.58. The van der Waals surface area contributed by atoms with Gasteiger partial charge in [0, 0.05) is 12.2 Å². The molecule has 0 aromatic heterocycles. The molecule has 1 aliphatic rings. The van der Waals surface area contributed by atoms with Crippen LogP contribution in [0.4, 0.5) is 5.69 Å². The van der Waals surface area contributed by atoms with Gasteiger partial charge in [-0.15, -0.1) is 0 Å². The molecule has 0 radical (unpaired) electrons. The number of benzene rings is 1. The average molecular weight is 283 g/mol. The third-order valence-electron chi connectivity index (χ3n) is 4.13. The first-order chi connectivity index (χ1) is 9.01. The van der Waals surface area contributed by atoms with Gasteiger partial charge in [0.2, 0.25) is 10.0 Å². The standard InChI is InChI=1S/C13H21N3O2S/c1-2-13(8-3-9-13)10-15-19(17,18)12-6-4-11(16-14)5-7-12/h4-7,15-16H,2-3,8-10,14H2,1H3. The van der Waals surface area contributed by atoms with E-state index in [0.717, 1.165) is 19.3 Å². The third kappa shape index (κ3) is 3.08. The van der Waals surface area contributed by atoms with Gasteiger partial charge >= 0.3 is 0 Å². The molecular formula is C13H21N3O2S. The Labute approximate surface area is 114 Å². The van der Waals surface area contributed by atoms with Gasteiger partial charge in [0.05, 0.1) is 4.90 Å². The summed E-state index contributed by atoms with van der Waals surface area (Å²) in [7, 11) is -3.42. The quantitative estimate of drug-likeness (QED) is 0.549. The molecular weight excluding hydrogens is 262 g/mol. The van der Waals surface area contributed by atoms with E-state index in [1.807, 2.05) is 0 Å². The van der Waals surface area contributed by atoms with Crippen molar-refractivity contribution in [3.63, 3.8) is 0 Å². The molecule has 0 bridgehead atoms. The van der Waals surface area contributed by atoms with Crippen LogP contribution in [0.2, 0.25) is 0 Å².